The van der Waals surface area contributed by atoms with Crippen LogP contribution in [-0.4, -0.2) is 66.3 Å². The van der Waals surface area contributed by atoms with Crippen LogP contribution in [0.2, 0.25) is 0 Å². The van der Waals surface area contributed by atoms with Gasteiger partial charge in [-0.05, 0) is 6.42 Å². The summed E-state index contributed by atoms with van der Waals surface area (Å²) in [5.74, 6) is 0.0524. The van der Waals surface area contributed by atoms with E-state index in [0.29, 0.717) is 6.54 Å². The van der Waals surface area contributed by atoms with Gasteiger partial charge in [-0.1, -0.05) is 64.7 Å². The van der Waals surface area contributed by atoms with Crippen LogP contribution in [0.4, 0.5) is 5.95 Å². The second-order valence-corrected chi connectivity index (χ2v) is 8.91. The summed E-state index contributed by atoms with van der Waals surface area (Å²) in [5, 5.41) is 32.6. The molecule has 0 aromatic carbocycles. The van der Waals surface area contributed by atoms with Gasteiger partial charge in [0.15, 0.2) is 11.7 Å². The molecule has 1 aliphatic rings. The van der Waals surface area contributed by atoms with Crippen LogP contribution in [0, 0.1) is 0 Å². The number of unbranched alkanes of at least 4 members (excludes halogenated alkanes) is 9. The number of H-pyrrole nitrogens is 1. The Hall–Kier alpha value is -2.34. The van der Waals surface area contributed by atoms with Gasteiger partial charge in [0.05, 0.1) is 12.9 Å². The molecule has 0 spiro atoms. The summed E-state index contributed by atoms with van der Waals surface area (Å²) in [6, 6.07) is 0. The molecule has 1 fully saturated rings. The van der Waals surface area contributed by atoms with E-state index in [0.717, 1.165) is 19.3 Å². The van der Waals surface area contributed by atoms with Crippen molar-refractivity contribution in [1.29, 1.82) is 0 Å². The van der Waals surface area contributed by atoms with Crippen molar-refractivity contribution in [3.63, 3.8) is 0 Å². The third kappa shape index (κ3) is 6.41. The smallest absolute Gasteiger partial charge is 0.301 e. The summed E-state index contributed by atoms with van der Waals surface area (Å²) in [7, 11) is 0. The highest BCUT2D eigenvalue weighted by Crippen LogP contribution is 2.30. The van der Waals surface area contributed by atoms with Gasteiger partial charge in [-0.25, -0.2) is 4.98 Å². The minimum absolute atomic E-state index is 0.0524. The monoisotopic (exact) mass is 479 g/mol. The summed E-state index contributed by atoms with van der Waals surface area (Å²) in [6.45, 7) is 2.28. The summed E-state index contributed by atoms with van der Waals surface area (Å²) in [5.41, 5.74) is -1.64. The molecule has 1 saturated heterocycles. The SMILES string of the molecule is CCCCCCCCCCCCNc1nc(=O)c2ncn([C@@H]3O[C@H](CO)[C@@H](O)[C@H]3O)c2c(=O)[nH]1. The molecule has 190 valence electrons. The number of hydrogen-bond donors (Lipinski definition) is 5. The first-order chi connectivity index (χ1) is 16.5. The van der Waals surface area contributed by atoms with Crippen molar-refractivity contribution in [3.8, 4) is 0 Å². The first kappa shape index (κ1) is 26.3. The number of rotatable bonds is 14. The second kappa shape index (κ2) is 12.9. The van der Waals surface area contributed by atoms with Crippen molar-refractivity contribution >= 4 is 17.0 Å². The molecule has 34 heavy (non-hydrogen) atoms. The Balaban J connectivity index is 1.57. The molecule has 3 heterocycles. The van der Waals surface area contributed by atoms with Crippen molar-refractivity contribution in [3.05, 3.63) is 27.0 Å². The third-order valence-corrected chi connectivity index (χ3v) is 6.27. The Labute approximate surface area is 198 Å². The zero-order valence-corrected chi connectivity index (χ0v) is 19.8. The highest BCUT2D eigenvalue weighted by Gasteiger charge is 2.44. The fraction of sp³-hybridized carbons (Fsp3) is 0.739. The molecule has 0 saturated carbocycles. The van der Waals surface area contributed by atoms with Crippen LogP contribution in [0.25, 0.3) is 11.0 Å². The zero-order valence-electron chi connectivity index (χ0n) is 19.8. The average Bonchev–Trinajstić information content (AvgIpc) is 3.35. The molecule has 0 bridgehead atoms. The molecule has 2 aromatic rings. The lowest BCUT2D eigenvalue weighted by molar-refractivity contribution is -0.0509. The van der Waals surface area contributed by atoms with Crippen molar-refractivity contribution in [2.45, 2.75) is 95.7 Å². The van der Waals surface area contributed by atoms with Crippen LogP contribution in [0.5, 0.6) is 0 Å². The number of imidazole rings is 1. The van der Waals surface area contributed by atoms with Gasteiger partial charge in [-0.3, -0.25) is 19.1 Å². The number of nitrogens with zero attached hydrogens (tertiary/aromatic N) is 3. The van der Waals surface area contributed by atoms with Crippen molar-refractivity contribution in [2.24, 2.45) is 0 Å². The predicted octanol–water partition coefficient (Wildman–Crippen LogP) is 1.42. The highest BCUT2D eigenvalue weighted by molar-refractivity contribution is 5.73. The number of aromatic amines is 1. The molecule has 0 aliphatic carbocycles. The number of aromatic nitrogens is 4. The Bertz CT molecular complexity index is 1030. The first-order valence-electron chi connectivity index (χ1n) is 12.4. The number of ether oxygens (including phenoxy) is 1. The number of anilines is 1. The first-order valence-corrected chi connectivity index (χ1v) is 12.4. The molecule has 11 heteroatoms. The van der Waals surface area contributed by atoms with Crippen LogP contribution in [-0.2, 0) is 4.74 Å². The van der Waals surface area contributed by atoms with Crippen LogP contribution in [0.3, 0.4) is 0 Å². The molecular weight excluding hydrogens is 442 g/mol. The number of nitrogens with one attached hydrogen (secondary N) is 2. The van der Waals surface area contributed by atoms with Crippen LogP contribution < -0.4 is 16.4 Å². The maximum atomic E-state index is 12.8. The van der Waals surface area contributed by atoms with Crippen molar-refractivity contribution < 1.29 is 20.1 Å². The lowest BCUT2D eigenvalue weighted by atomic mass is 10.1. The van der Waals surface area contributed by atoms with E-state index in [2.05, 4.69) is 27.2 Å². The fourth-order valence-corrected chi connectivity index (χ4v) is 4.30. The van der Waals surface area contributed by atoms with Crippen LogP contribution in [0.1, 0.15) is 77.4 Å². The Morgan fingerprint density at radius 3 is 2.29 bits per heavy atom. The minimum atomic E-state index is -1.41. The van der Waals surface area contributed by atoms with Crippen molar-refractivity contribution in [1.82, 2.24) is 19.5 Å². The summed E-state index contributed by atoms with van der Waals surface area (Å²) >= 11 is 0. The molecule has 2 aromatic heterocycles. The molecule has 0 unspecified atom stereocenters. The summed E-state index contributed by atoms with van der Waals surface area (Å²) in [4.78, 5) is 35.9. The molecule has 5 N–H and O–H groups in total. The van der Waals surface area contributed by atoms with E-state index in [-0.39, 0.29) is 17.0 Å². The second-order valence-electron chi connectivity index (χ2n) is 8.91. The van der Waals surface area contributed by atoms with Gasteiger partial charge in [-0.15, -0.1) is 0 Å². The predicted molar refractivity (Wildman–Crippen MR) is 128 cm³/mol. The minimum Gasteiger partial charge on any atom is -0.394 e. The lowest BCUT2D eigenvalue weighted by Gasteiger charge is -2.16. The van der Waals surface area contributed by atoms with E-state index in [1.165, 1.54) is 55.8 Å². The highest BCUT2D eigenvalue weighted by atomic mass is 16.6. The molecule has 1 aliphatic heterocycles. The molecule has 4 atom stereocenters. The van der Waals surface area contributed by atoms with Crippen molar-refractivity contribution in [2.75, 3.05) is 18.5 Å². The number of aliphatic hydroxyl groups is 3. The molecule has 3 rings (SSSR count). The molecule has 0 amide bonds. The van der Waals surface area contributed by atoms with Gasteiger partial charge in [-0.2, -0.15) is 4.98 Å². The summed E-state index contributed by atoms with van der Waals surface area (Å²) < 4.78 is 6.66. The van der Waals surface area contributed by atoms with Gasteiger partial charge in [0.2, 0.25) is 5.95 Å². The largest absolute Gasteiger partial charge is 0.394 e. The van der Waals surface area contributed by atoms with E-state index < -0.39 is 42.3 Å². The molecule has 0 radical (unpaired) electrons. The topological polar surface area (TPSA) is 163 Å². The lowest BCUT2D eigenvalue weighted by Crippen LogP contribution is -2.33. The standard InChI is InChI=1S/C23H37N5O6/c1-2-3-4-5-6-7-8-9-10-11-12-24-23-26-20(32)16-17(21(33)27-23)28(14-25-16)22-19(31)18(30)15(13-29)34-22/h14-15,18-19,22,29-31H,2-13H2,1H3,(H2,24,26,27,32,33)/t15-,18-,19-,22-/m1/s1. The van der Waals surface area contributed by atoms with E-state index in [4.69, 9.17) is 4.74 Å². The van der Waals surface area contributed by atoms with Gasteiger partial charge in [0, 0.05) is 6.54 Å². The van der Waals surface area contributed by atoms with Gasteiger partial charge < -0.3 is 25.4 Å². The Morgan fingerprint density at radius 1 is 1.03 bits per heavy atom. The quantitative estimate of drug-likeness (QED) is 0.252. The number of hydrogen-bond acceptors (Lipinski definition) is 9. The fourth-order valence-electron chi connectivity index (χ4n) is 4.30. The zero-order chi connectivity index (χ0) is 24.5. The number of fused-ring (bicyclic) bond motifs is 1. The third-order valence-electron chi connectivity index (χ3n) is 6.27. The molecule has 11 nitrogen and oxygen atoms in total. The Kier molecular flexibility index (Phi) is 10.00. The maximum absolute atomic E-state index is 12.8. The maximum Gasteiger partial charge on any atom is 0.301 e. The average molecular weight is 480 g/mol. The van der Waals surface area contributed by atoms with E-state index in [1.54, 1.807) is 0 Å². The van der Waals surface area contributed by atoms with Gasteiger partial charge in [0.1, 0.15) is 23.8 Å². The van der Waals surface area contributed by atoms with E-state index in [1.807, 2.05) is 0 Å². The summed E-state index contributed by atoms with van der Waals surface area (Å²) in [6.07, 6.45) is 8.33. The molecular formula is C23H37N5O6. The normalized spacial score (nSPS) is 22.5. The van der Waals surface area contributed by atoms with Gasteiger partial charge in [0.25, 0.3) is 5.56 Å². The van der Waals surface area contributed by atoms with Gasteiger partial charge >= 0.3 is 5.56 Å². The number of aliphatic hydroxyl groups excluding tert-OH is 3. The van der Waals surface area contributed by atoms with Crippen LogP contribution in [0.15, 0.2) is 15.9 Å². The van der Waals surface area contributed by atoms with E-state index >= 15 is 0 Å². The Morgan fingerprint density at radius 2 is 1.68 bits per heavy atom. The van der Waals surface area contributed by atoms with E-state index in [9.17, 15) is 24.9 Å². The van der Waals surface area contributed by atoms with Crippen LogP contribution >= 0.6 is 0 Å².